The second kappa shape index (κ2) is 5.33. The Morgan fingerprint density at radius 3 is 2.74 bits per heavy atom. The highest BCUT2D eigenvalue weighted by molar-refractivity contribution is 7.89. The van der Waals surface area contributed by atoms with Crippen LogP contribution < -0.4 is 15.3 Å². The molecular weight excluding hydrogens is 310 g/mol. The number of rotatable bonds is 4. The zero-order valence-corrected chi connectivity index (χ0v) is 11.9. The number of nitrogens with two attached hydrogens (primary N) is 1. The van der Waals surface area contributed by atoms with Crippen LogP contribution >= 0.6 is 22.9 Å². The van der Waals surface area contributed by atoms with E-state index in [9.17, 15) is 13.2 Å². The molecule has 102 valence electrons. The molecule has 1 heterocycles. The maximum atomic E-state index is 12.0. The van der Waals surface area contributed by atoms with Crippen LogP contribution in [0.1, 0.15) is 5.69 Å². The van der Waals surface area contributed by atoms with Crippen molar-refractivity contribution >= 4 is 38.6 Å². The Labute approximate surface area is 118 Å². The van der Waals surface area contributed by atoms with Crippen LogP contribution in [0.3, 0.4) is 0 Å². The summed E-state index contributed by atoms with van der Waals surface area (Å²) in [5, 5.41) is 1.85. The van der Waals surface area contributed by atoms with E-state index in [0.717, 1.165) is 11.3 Å². The van der Waals surface area contributed by atoms with Gasteiger partial charge in [-0.2, -0.15) is 0 Å². The van der Waals surface area contributed by atoms with Gasteiger partial charge in [0.1, 0.15) is 0 Å². The number of halogens is 1. The number of anilines is 1. The van der Waals surface area contributed by atoms with E-state index in [1.807, 2.05) is 0 Å². The van der Waals surface area contributed by atoms with Crippen molar-refractivity contribution in [3.63, 3.8) is 0 Å². The Hall–Kier alpha value is -1.35. The summed E-state index contributed by atoms with van der Waals surface area (Å²) < 4.78 is 26.3. The first-order chi connectivity index (χ1) is 8.88. The standard InChI is InChI=1S/C10H10ClN3O3S2/c11-8-2-1-7(3-9(8)12)19(16,17)13-4-6-5-18-10(15)14-6/h1-3,5,13H,4,12H2,(H,14,15). The third-order valence-corrected chi connectivity index (χ3v) is 4.76. The van der Waals surface area contributed by atoms with Gasteiger partial charge >= 0.3 is 4.87 Å². The summed E-state index contributed by atoms with van der Waals surface area (Å²) in [5.74, 6) is 0. The number of benzene rings is 1. The fraction of sp³-hybridized carbons (Fsp3) is 0.100. The van der Waals surface area contributed by atoms with Crippen molar-refractivity contribution in [2.24, 2.45) is 0 Å². The van der Waals surface area contributed by atoms with Crippen molar-refractivity contribution in [1.29, 1.82) is 0 Å². The van der Waals surface area contributed by atoms with Crippen molar-refractivity contribution in [2.45, 2.75) is 11.4 Å². The lowest BCUT2D eigenvalue weighted by Gasteiger charge is -2.07. The van der Waals surface area contributed by atoms with E-state index < -0.39 is 10.0 Å². The molecule has 0 spiro atoms. The molecular formula is C10H10ClN3O3S2. The number of H-pyrrole nitrogens is 1. The van der Waals surface area contributed by atoms with Crippen LogP contribution in [0.4, 0.5) is 5.69 Å². The summed E-state index contributed by atoms with van der Waals surface area (Å²) >= 11 is 6.70. The molecule has 6 nitrogen and oxygen atoms in total. The fourth-order valence-corrected chi connectivity index (χ4v) is 3.09. The number of thiazole rings is 1. The summed E-state index contributed by atoms with van der Waals surface area (Å²) in [6.45, 7) is 0.00358. The monoisotopic (exact) mass is 319 g/mol. The van der Waals surface area contributed by atoms with E-state index in [4.69, 9.17) is 17.3 Å². The zero-order chi connectivity index (χ0) is 14.0. The topological polar surface area (TPSA) is 105 Å². The number of hydrogen-bond donors (Lipinski definition) is 3. The zero-order valence-electron chi connectivity index (χ0n) is 9.51. The van der Waals surface area contributed by atoms with Gasteiger partial charge in [-0.15, -0.1) is 0 Å². The second-order valence-electron chi connectivity index (χ2n) is 3.68. The van der Waals surface area contributed by atoms with Crippen LogP contribution in [0.25, 0.3) is 0 Å². The highest BCUT2D eigenvalue weighted by Gasteiger charge is 2.15. The van der Waals surface area contributed by atoms with E-state index in [0.29, 0.717) is 10.7 Å². The lowest BCUT2D eigenvalue weighted by Crippen LogP contribution is -2.23. The molecule has 4 N–H and O–H groups in total. The van der Waals surface area contributed by atoms with E-state index in [2.05, 4.69) is 9.71 Å². The van der Waals surface area contributed by atoms with Gasteiger partial charge in [0.2, 0.25) is 10.0 Å². The summed E-state index contributed by atoms with van der Waals surface area (Å²) in [7, 11) is -3.69. The smallest absolute Gasteiger partial charge is 0.304 e. The van der Waals surface area contributed by atoms with E-state index in [1.165, 1.54) is 18.2 Å². The minimum Gasteiger partial charge on any atom is -0.397 e. The van der Waals surface area contributed by atoms with Crippen LogP contribution in [0.15, 0.2) is 33.3 Å². The van der Waals surface area contributed by atoms with E-state index in [-0.39, 0.29) is 22.0 Å². The lowest BCUT2D eigenvalue weighted by atomic mass is 10.3. The number of sulfonamides is 1. The maximum absolute atomic E-state index is 12.0. The van der Waals surface area contributed by atoms with Gasteiger partial charge in [0.05, 0.1) is 22.2 Å². The van der Waals surface area contributed by atoms with Crippen molar-refractivity contribution in [2.75, 3.05) is 5.73 Å². The van der Waals surface area contributed by atoms with Gasteiger partial charge in [0, 0.05) is 11.1 Å². The van der Waals surface area contributed by atoms with Gasteiger partial charge in [0.25, 0.3) is 0 Å². The van der Waals surface area contributed by atoms with Crippen LogP contribution in [-0.2, 0) is 16.6 Å². The summed E-state index contributed by atoms with van der Waals surface area (Å²) in [4.78, 5) is 13.2. The lowest BCUT2D eigenvalue weighted by molar-refractivity contribution is 0.580. The predicted octanol–water partition coefficient (Wildman–Crippen LogP) is 1.15. The quantitative estimate of drug-likeness (QED) is 0.735. The number of aromatic nitrogens is 1. The summed E-state index contributed by atoms with van der Waals surface area (Å²) in [5.41, 5.74) is 6.25. The molecule has 0 aliphatic heterocycles. The predicted molar refractivity (Wildman–Crippen MR) is 74.8 cm³/mol. The first kappa shape index (κ1) is 14.1. The highest BCUT2D eigenvalue weighted by Crippen LogP contribution is 2.22. The molecule has 0 atom stereocenters. The number of aromatic amines is 1. The molecule has 0 aliphatic rings. The molecule has 1 aromatic heterocycles. The van der Waals surface area contributed by atoms with Crippen molar-refractivity contribution in [1.82, 2.24) is 9.71 Å². The highest BCUT2D eigenvalue weighted by atomic mass is 35.5. The summed E-state index contributed by atoms with van der Waals surface area (Å²) in [6.07, 6.45) is 0. The van der Waals surface area contributed by atoms with Crippen LogP contribution in [-0.4, -0.2) is 13.4 Å². The molecule has 2 rings (SSSR count). The average Bonchev–Trinajstić information content (AvgIpc) is 2.76. The molecule has 0 aliphatic carbocycles. The van der Waals surface area contributed by atoms with Gasteiger partial charge in [-0.1, -0.05) is 22.9 Å². The van der Waals surface area contributed by atoms with Crippen molar-refractivity contribution in [3.05, 3.63) is 44.0 Å². The van der Waals surface area contributed by atoms with Gasteiger partial charge < -0.3 is 10.7 Å². The molecule has 0 amide bonds. The SMILES string of the molecule is Nc1cc(S(=O)(=O)NCc2csc(=O)[nH]2)ccc1Cl. The van der Waals surface area contributed by atoms with Crippen molar-refractivity contribution in [3.8, 4) is 0 Å². The number of nitrogens with one attached hydrogen (secondary N) is 2. The Morgan fingerprint density at radius 1 is 1.42 bits per heavy atom. The van der Waals surface area contributed by atoms with Crippen molar-refractivity contribution < 1.29 is 8.42 Å². The summed E-state index contributed by atoms with van der Waals surface area (Å²) in [6, 6.07) is 4.05. The van der Waals surface area contributed by atoms with Gasteiger partial charge in [-0.25, -0.2) is 13.1 Å². The molecule has 0 saturated carbocycles. The third kappa shape index (κ3) is 3.35. The average molecular weight is 320 g/mol. The molecule has 19 heavy (non-hydrogen) atoms. The number of nitrogen functional groups attached to an aromatic ring is 1. The Bertz CT molecular complexity index is 751. The Kier molecular flexibility index (Phi) is 3.95. The largest absolute Gasteiger partial charge is 0.397 e. The molecule has 0 fully saturated rings. The Morgan fingerprint density at radius 2 is 2.16 bits per heavy atom. The van der Waals surface area contributed by atoms with Gasteiger partial charge in [-0.3, -0.25) is 4.79 Å². The molecule has 0 saturated heterocycles. The maximum Gasteiger partial charge on any atom is 0.304 e. The molecule has 0 bridgehead atoms. The first-order valence-electron chi connectivity index (χ1n) is 5.10. The van der Waals surface area contributed by atoms with E-state index in [1.54, 1.807) is 5.38 Å². The van der Waals surface area contributed by atoms with Crippen LogP contribution in [0.2, 0.25) is 5.02 Å². The van der Waals surface area contributed by atoms with Crippen LogP contribution in [0, 0.1) is 0 Å². The molecule has 1 aromatic carbocycles. The molecule has 2 aromatic rings. The minimum atomic E-state index is -3.69. The normalized spacial score (nSPS) is 11.6. The number of hydrogen-bond acceptors (Lipinski definition) is 5. The van der Waals surface area contributed by atoms with Crippen LogP contribution in [0.5, 0.6) is 0 Å². The molecule has 9 heteroatoms. The third-order valence-electron chi connectivity index (χ3n) is 2.30. The van der Waals surface area contributed by atoms with E-state index >= 15 is 0 Å². The van der Waals surface area contributed by atoms with Gasteiger partial charge in [-0.05, 0) is 18.2 Å². The Balaban J connectivity index is 2.18. The fourth-order valence-electron chi connectivity index (χ4n) is 1.35. The minimum absolute atomic E-state index is 0.00358. The molecule has 0 radical (unpaired) electrons. The second-order valence-corrected chi connectivity index (χ2v) is 6.70. The molecule has 0 unspecified atom stereocenters. The van der Waals surface area contributed by atoms with Gasteiger partial charge in [0.15, 0.2) is 0 Å². The first-order valence-corrected chi connectivity index (χ1v) is 7.84.